The van der Waals surface area contributed by atoms with Gasteiger partial charge in [-0.1, -0.05) is 18.2 Å². The molecule has 10 heteroatoms. The number of amides is 1. The lowest BCUT2D eigenvalue weighted by Gasteiger charge is -2.26. The van der Waals surface area contributed by atoms with Crippen molar-refractivity contribution in [2.45, 2.75) is 18.4 Å². The maximum Gasteiger partial charge on any atom is 0.329 e. The van der Waals surface area contributed by atoms with E-state index in [1.165, 1.54) is 55.6 Å². The second-order valence-corrected chi connectivity index (χ2v) is 6.26. The van der Waals surface area contributed by atoms with Gasteiger partial charge >= 0.3 is 11.9 Å². The van der Waals surface area contributed by atoms with Crippen molar-refractivity contribution in [2.75, 3.05) is 14.2 Å². The van der Waals surface area contributed by atoms with Crippen LogP contribution in [0.4, 0.5) is 5.69 Å². The minimum absolute atomic E-state index is 0.0874. The molecule has 0 unspecified atom stereocenters. The fraction of sp³-hybridized carbons (Fsp3) is 0.250. The van der Waals surface area contributed by atoms with Crippen molar-refractivity contribution in [3.63, 3.8) is 0 Å². The molecule has 0 aliphatic rings. The van der Waals surface area contributed by atoms with E-state index >= 15 is 0 Å². The van der Waals surface area contributed by atoms with E-state index < -0.39 is 34.7 Å². The van der Waals surface area contributed by atoms with Crippen LogP contribution in [0.15, 0.2) is 48.5 Å². The number of nitrogens with zero attached hydrogens (tertiary/aromatic N) is 1. The highest BCUT2D eigenvalue weighted by molar-refractivity contribution is 5.97. The summed E-state index contributed by atoms with van der Waals surface area (Å²) in [6, 6.07) is 9.42. The number of nitro benzene ring substituents is 1. The Kier molecular flexibility index (Phi) is 7.45. The number of hydrogen-bond acceptors (Lipinski definition) is 8. The molecule has 30 heavy (non-hydrogen) atoms. The number of carbonyl (C=O) groups is 3. The summed E-state index contributed by atoms with van der Waals surface area (Å²) in [5.74, 6) is -3.22. The molecule has 0 bridgehead atoms. The van der Waals surface area contributed by atoms with Gasteiger partial charge in [-0.05, 0) is 23.8 Å². The molecule has 0 radical (unpaired) electrons. The van der Waals surface area contributed by atoms with Crippen LogP contribution in [0.1, 0.15) is 28.3 Å². The number of esters is 2. The fourth-order valence-electron chi connectivity index (χ4n) is 2.86. The summed E-state index contributed by atoms with van der Waals surface area (Å²) in [5, 5.41) is 23.0. The van der Waals surface area contributed by atoms with Crippen LogP contribution in [0, 0.1) is 10.1 Å². The van der Waals surface area contributed by atoms with Gasteiger partial charge in [0.15, 0.2) is 0 Å². The van der Waals surface area contributed by atoms with Crippen molar-refractivity contribution in [3.8, 4) is 5.75 Å². The predicted octanol–water partition coefficient (Wildman–Crippen LogP) is 1.92. The lowest BCUT2D eigenvalue weighted by atomic mass is 9.88. The first-order chi connectivity index (χ1) is 14.3. The van der Waals surface area contributed by atoms with Gasteiger partial charge in [-0.25, -0.2) is 4.79 Å². The Morgan fingerprint density at radius 1 is 1.10 bits per heavy atom. The van der Waals surface area contributed by atoms with Gasteiger partial charge in [-0.3, -0.25) is 19.7 Å². The normalized spacial score (nSPS) is 12.3. The van der Waals surface area contributed by atoms with E-state index in [-0.39, 0.29) is 23.4 Å². The molecule has 0 aromatic heterocycles. The van der Waals surface area contributed by atoms with E-state index in [9.17, 15) is 29.6 Å². The number of ether oxygens (including phenoxy) is 2. The average Bonchev–Trinajstić information content (AvgIpc) is 2.75. The first kappa shape index (κ1) is 22.3. The smallest absolute Gasteiger partial charge is 0.329 e. The standard InChI is InChI=1S/C20H20N2O8/c1-29-17(24)11-16(12-6-8-14(9-7-12)22(27)28)18(20(26)30-2)21-19(25)13-4-3-5-15(23)10-13/h3-10,16,18,23H,11H2,1-2H3,(H,21,25)/t16-,18-/m1/s1. The van der Waals surface area contributed by atoms with Crippen molar-refractivity contribution < 1.29 is 33.9 Å². The summed E-state index contributed by atoms with van der Waals surface area (Å²) < 4.78 is 9.48. The topological polar surface area (TPSA) is 145 Å². The second-order valence-electron chi connectivity index (χ2n) is 6.26. The van der Waals surface area contributed by atoms with E-state index in [1.54, 1.807) is 0 Å². The van der Waals surface area contributed by atoms with Crippen LogP contribution in [0.25, 0.3) is 0 Å². The third-order valence-corrected chi connectivity index (χ3v) is 4.40. The van der Waals surface area contributed by atoms with E-state index in [4.69, 9.17) is 4.74 Å². The molecule has 0 spiro atoms. The Morgan fingerprint density at radius 3 is 2.30 bits per heavy atom. The maximum absolute atomic E-state index is 12.6. The molecule has 2 aromatic carbocycles. The molecule has 10 nitrogen and oxygen atoms in total. The van der Waals surface area contributed by atoms with E-state index in [0.717, 1.165) is 7.11 Å². The average molecular weight is 416 g/mol. The van der Waals surface area contributed by atoms with Crippen molar-refractivity contribution in [1.82, 2.24) is 5.32 Å². The molecule has 0 aliphatic carbocycles. The molecule has 2 N–H and O–H groups in total. The number of methoxy groups -OCH3 is 2. The molecule has 0 heterocycles. The second kappa shape index (κ2) is 10.0. The number of non-ortho nitro benzene ring substituents is 1. The van der Waals surface area contributed by atoms with Gasteiger partial charge in [-0.2, -0.15) is 0 Å². The molecule has 0 fully saturated rings. The van der Waals surface area contributed by atoms with Crippen LogP contribution < -0.4 is 5.32 Å². The molecule has 158 valence electrons. The van der Waals surface area contributed by atoms with Crippen LogP contribution in [-0.2, 0) is 19.1 Å². The largest absolute Gasteiger partial charge is 0.508 e. The van der Waals surface area contributed by atoms with Crippen LogP contribution in [0.2, 0.25) is 0 Å². The predicted molar refractivity (Wildman–Crippen MR) is 104 cm³/mol. The number of hydrogen-bond donors (Lipinski definition) is 2. The highest BCUT2D eigenvalue weighted by atomic mass is 16.6. The van der Waals surface area contributed by atoms with Gasteiger partial charge < -0.3 is 19.9 Å². The summed E-state index contributed by atoms with van der Waals surface area (Å²) >= 11 is 0. The Hall–Kier alpha value is -3.95. The molecule has 2 rings (SSSR count). The zero-order valence-electron chi connectivity index (χ0n) is 16.2. The summed E-state index contributed by atoms with van der Waals surface area (Å²) in [7, 11) is 2.30. The lowest BCUT2D eigenvalue weighted by molar-refractivity contribution is -0.384. The number of carbonyl (C=O) groups excluding carboxylic acids is 3. The molecule has 0 saturated heterocycles. The minimum Gasteiger partial charge on any atom is -0.508 e. The summed E-state index contributed by atoms with van der Waals surface area (Å²) in [5.41, 5.74) is 0.302. The number of nitro groups is 1. The Labute approximate surface area is 171 Å². The Balaban J connectivity index is 2.42. The fourth-order valence-corrected chi connectivity index (χ4v) is 2.86. The third-order valence-electron chi connectivity index (χ3n) is 4.40. The quantitative estimate of drug-likeness (QED) is 0.377. The monoisotopic (exact) mass is 416 g/mol. The number of phenolic OH excluding ortho intramolecular Hbond substituents is 1. The number of aromatic hydroxyl groups is 1. The van der Waals surface area contributed by atoms with E-state index in [0.29, 0.717) is 5.56 Å². The van der Waals surface area contributed by atoms with Crippen molar-refractivity contribution in [1.29, 1.82) is 0 Å². The molecule has 0 saturated carbocycles. The molecular formula is C20H20N2O8. The molecule has 1 amide bonds. The Bertz CT molecular complexity index is 942. The number of benzene rings is 2. The number of rotatable bonds is 8. The van der Waals surface area contributed by atoms with Crippen LogP contribution in [0.5, 0.6) is 5.75 Å². The lowest BCUT2D eigenvalue weighted by Crippen LogP contribution is -2.46. The summed E-state index contributed by atoms with van der Waals surface area (Å²) in [6.07, 6.45) is -0.297. The minimum atomic E-state index is -1.30. The first-order valence-electron chi connectivity index (χ1n) is 8.75. The van der Waals surface area contributed by atoms with Crippen molar-refractivity contribution >= 4 is 23.5 Å². The zero-order valence-corrected chi connectivity index (χ0v) is 16.2. The van der Waals surface area contributed by atoms with Gasteiger partial charge in [0.2, 0.25) is 0 Å². The maximum atomic E-state index is 12.6. The van der Waals surface area contributed by atoms with Crippen LogP contribution in [0.3, 0.4) is 0 Å². The van der Waals surface area contributed by atoms with Gasteiger partial charge in [0.05, 0.1) is 25.6 Å². The van der Waals surface area contributed by atoms with Gasteiger partial charge in [-0.15, -0.1) is 0 Å². The number of nitrogens with one attached hydrogen (secondary N) is 1. The summed E-state index contributed by atoms with van der Waals surface area (Å²) in [6.45, 7) is 0. The van der Waals surface area contributed by atoms with Crippen molar-refractivity contribution in [3.05, 3.63) is 69.8 Å². The van der Waals surface area contributed by atoms with Gasteiger partial charge in [0.25, 0.3) is 11.6 Å². The van der Waals surface area contributed by atoms with E-state index in [2.05, 4.69) is 10.1 Å². The SMILES string of the molecule is COC(=O)C[C@H](c1ccc([N+](=O)[O-])cc1)[C@@H](NC(=O)c1cccc(O)c1)C(=O)OC. The van der Waals surface area contributed by atoms with Crippen LogP contribution in [-0.4, -0.2) is 48.1 Å². The molecule has 2 aromatic rings. The highest BCUT2D eigenvalue weighted by Crippen LogP contribution is 2.27. The van der Waals surface area contributed by atoms with E-state index in [1.807, 2.05) is 0 Å². The summed E-state index contributed by atoms with van der Waals surface area (Å²) in [4.78, 5) is 47.4. The van der Waals surface area contributed by atoms with Crippen molar-refractivity contribution in [2.24, 2.45) is 0 Å². The molecule has 0 aliphatic heterocycles. The first-order valence-corrected chi connectivity index (χ1v) is 8.75. The molecule has 2 atom stereocenters. The van der Waals surface area contributed by atoms with Crippen LogP contribution >= 0.6 is 0 Å². The van der Waals surface area contributed by atoms with Gasteiger partial charge in [0, 0.05) is 23.6 Å². The van der Waals surface area contributed by atoms with Gasteiger partial charge in [0.1, 0.15) is 11.8 Å². The highest BCUT2D eigenvalue weighted by Gasteiger charge is 2.34. The zero-order chi connectivity index (χ0) is 22.3. The third kappa shape index (κ3) is 5.53. The Morgan fingerprint density at radius 2 is 1.77 bits per heavy atom. The number of phenols is 1. The molecular weight excluding hydrogens is 396 g/mol.